The maximum atomic E-state index is 12.3. The highest BCUT2D eigenvalue weighted by Gasteiger charge is 2.28. The zero-order valence-electron chi connectivity index (χ0n) is 12.4. The molecule has 1 saturated heterocycles. The molecule has 0 radical (unpaired) electrons. The lowest BCUT2D eigenvalue weighted by atomic mass is 10.0. The molecule has 7 heteroatoms. The van der Waals surface area contributed by atoms with Gasteiger partial charge in [0, 0.05) is 8.95 Å². The van der Waals surface area contributed by atoms with Gasteiger partial charge in [-0.05, 0) is 75.9 Å². The number of aryl methyl sites for hydroxylation is 1. The zero-order chi connectivity index (χ0) is 16.3. The Balaban J connectivity index is 2.05. The molecule has 3 N–H and O–H groups in total. The fourth-order valence-corrected chi connectivity index (χ4v) is 4.30. The van der Waals surface area contributed by atoms with Gasteiger partial charge in [-0.15, -0.1) is 0 Å². The van der Waals surface area contributed by atoms with Crippen LogP contribution in [0.25, 0.3) is 0 Å². The number of nitrogens with two attached hydrogens (primary N) is 1. The topological polar surface area (TPSA) is 75.4 Å². The number of benzene rings is 1. The van der Waals surface area contributed by atoms with E-state index in [1.165, 1.54) is 0 Å². The predicted octanol–water partition coefficient (Wildman–Crippen LogP) is 2.80. The number of halogens is 2. The third kappa shape index (κ3) is 4.30. The molecule has 120 valence electrons. The number of carbonyl (C=O) groups excluding carboxylic acids is 2. The molecule has 22 heavy (non-hydrogen) atoms. The van der Waals surface area contributed by atoms with E-state index in [-0.39, 0.29) is 24.4 Å². The van der Waals surface area contributed by atoms with Crippen LogP contribution in [0.5, 0.6) is 0 Å². The summed E-state index contributed by atoms with van der Waals surface area (Å²) in [5.74, 6) is -0.511. The molecule has 0 bridgehead atoms. The molecule has 1 atom stereocenters. The van der Waals surface area contributed by atoms with Gasteiger partial charge in [0.15, 0.2) is 0 Å². The van der Waals surface area contributed by atoms with E-state index in [0.29, 0.717) is 5.69 Å². The molecule has 1 aromatic carbocycles. The second-order valence-electron chi connectivity index (χ2n) is 5.54. The molecule has 0 spiro atoms. The summed E-state index contributed by atoms with van der Waals surface area (Å²) in [5, 5.41) is 2.89. The number of hydrogen-bond donors (Lipinski definition) is 2. The third-order valence-corrected chi connectivity index (χ3v) is 4.99. The molecule has 1 aliphatic heterocycles. The van der Waals surface area contributed by atoms with Gasteiger partial charge in [0.25, 0.3) is 0 Å². The molecule has 0 aliphatic carbocycles. The number of rotatable bonds is 4. The lowest BCUT2D eigenvalue weighted by molar-refractivity contribution is -0.126. The molecule has 0 aromatic heterocycles. The highest BCUT2D eigenvalue weighted by molar-refractivity contribution is 9.11. The maximum absolute atomic E-state index is 12.3. The van der Waals surface area contributed by atoms with E-state index in [2.05, 4.69) is 37.2 Å². The van der Waals surface area contributed by atoms with Crippen molar-refractivity contribution in [2.24, 2.45) is 5.73 Å². The minimum absolute atomic E-state index is 0.154. The minimum Gasteiger partial charge on any atom is -0.368 e. The summed E-state index contributed by atoms with van der Waals surface area (Å²) in [6, 6.07) is 3.53. The Morgan fingerprint density at radius 2 is 1.95 bits per heavy atom. The van der Waals surface area contributed by atoms with Gasteiger partial charge >= 0.3 is 0 Å². The maximum Gasteiger partial charge on any atom is 0.238 e. The summed E-state index contributed by atoms with van der Waals surface area (Å²) in [6.07, 6.45) is 2.68. The van der Waals surface area contributed by atoms with Crippen molar-refractivity contribution in [1.82, 2.24) is 4.90 Å². The van der Waals surface area contributed by atoms with E-state index < -0.39 is 0 Å². The van der Waals surface area contributed by atoms with Crippen LogP contribution in [0.1, 0.15) is 24.8 Å². The van der Waals surface area contributed by atoms with Crippen LogP contribution in [-0.2, 0) is 9.59 Å². The van der Waals surface area contributed by atoms with E-state index >= 15 is 0 Å². The Morgan fingerprint density at radius 1 is 1.32 bits per heavy atom. The van der Waals surface area contributed by atoms with Crippen LogP contribution in [0.4, 0.5) is 5.69 Å². The van der Waals surface area contributed by atoms with Gasteiger partial charge in [0.2, 0.25) is 11.8 Å². The van der Waals surface area contributed by atoms with E-state index in [1.807, 2.05) is 24.0 Å². The van der Waals surface area contributed by atoms with Gasteiger partial charge in [-0.2, -0.15) is 0 Å². The quantitative estimate of drug-likeness (QED) is 0.767. The van der Waals surface area contributed by atoms with Crippen LogP contribution in [0.15, 0.2) is 21.1 Å². The molecule has 0 unspecified atom stereocenters. The van der Waals surface area contributed by atoms with Crippen LogP contribution in [-0.4, -0.2) is 35.8 Å². The number of hydrogen-bond acceptors (Lipinski definition) is 3. The lowest BCUT2D eigenvalue weighted by Gasteiger charge is -2.32. The second-order valence-corrected chi connectivity index (χ2v) is 7.24. The lowest BCUT2D eigenvalue weighted by Crippen LogP contribution is -2.50. The molecule has 5 nitrogen and oxygen atoms in total. The summed E-state index contributed by atoms with van der Waals surface area (Å²) in [4.78, 5) is 25.6. The first-order valence-electron chi connectivity index (χ1n) is 7.17. The van der Waals surface area contributed by atoms with Crippen molar-refractivity contribution in [3.63, 3.8) is 0 Å². The average Bonchev–Trinajstić information content (AvgIpc) is 2.43. The standard InChI is InChI=1S/C15H19Br2N3O2/c1-9-6-10(16)14(11(17)7-9)19-13(21)8-20-5-3-2-4-12(20)15(18)22/h6-7,12H,2-5,8H2,1H3,(H2,18,22)(H,19,21)/t12-/m0/s1. The van der Waals surface area contributed by atoms with Gasteiger partial charge < -0.3 is 11.1 Å². The summed E-state index contributed by atoms with van der Waals surface area (Å²) < 4.78 is 1.63. The molecule has 1 heterocycles. The fraction of sp³-hybridized carbons (Fsp3) is 0.467. The van der Waals surface area contributed by atoms with Crippen molar-refractivity contribution in [2.75, 3.05) is 18.4 Å². The van der Waals surface area contributed by atoms with Crippen molar-refractivity contribution in [3.05, 3.63) is 26.6 Å². The van der Waals surface area contributed by atoms with Crippen molar-refractivity contribution < 1.29 is 9.59 Å². The Morgan fingerprint density at radius 3 is 2.55 bits per heavy atom. The summed E-state index contributed by atoms with van der Waals surface area (Å²) in [6.45, 7) is 2.87. The molecule has 1 fully saturated rings. The average molecular weight is 433 g/mol. The summed E-state index contributed by atoms with van der Waals surface area (Å²) in [5.41, 5.74) is 7.21. The van der Waals surface area contributed by atoms with E-state index in [4.69, 9.17) is 5.73 Å². The molecular formula is C15H19Br2N3O2. The molecule has 1 aliphatic rings. The first-order chi connectivity index (χ1) is 10.4. The van der Waals surface area contributed by atoms with Gasteiger partial charge in [0.1, 0.15) is 0 Å². The van der Waals surface area contributed by atoms with E-state index in [0.717, 1.165) is 40.3 Å². The second kappa shape index (κ2) is 7.57. The van der Waals surface area contributed by atoms with Crippen LogP contribution >= 0.6 is 31.9 Å². The third-order valence-electron chi connectivity index (χ3n) is 3.74. The Kier molecular flexibility index (Phi) is 6.00. The first-order valence-corrected chi connectivity index (χ1v) is 8.76. The monoisotopic (exact) mass is 431 g/mol. The van der Waals surface area contributed by atoms with Gasteiger partial charge in [0.05, 0.1) is 18.3 Å². The number of nitrogens with one attached hydrogen (secondary N) is 1. The Hall–Kier alpha value is -0.920. The number of anilines is 1. The highest BCUT2D eigenvalue weighted by Crippen LogP contribution is 2.32. The normalized spacial score (nSPS) is 19.0. The Labute approximate surface area is 146 Å². The number of amides is 2. The molecule has 1 aromatic rings. The fourth-order valence-electron chi connectivity index (χ4n) is 2.69. The largest absolute Gasteiger partial charge is 0.368 e. The number of likely N-dealkylation sites (tertiary alicyclic amines) is 1. The molecule has 2 rings (SSSR count). The molecule has 0 saturated carbocycles. The molecular weight excluding hydrogens is 414 g/mol. The van der Waals surface area contributed by atoms with Crippen molar-refractivity contribution in [1.29, 1.82) is 0 Å². The number of nitrogens with zero attached hydrogens (tertiary/aromatic N) is 1. The van der Waals surface area contributed by atoms with E-state index in [9.17, 15) is 9.59 Å². The number of carbonyl (C=O) groups is 2. The SMILES string of the molecule is Cc1cc(Br)c(NC(=O)CN2CCCC[C@H]2C(N)=O)c(Br)c1. The van der Waals surface area contributed by atoms with Crippen molar-refractivity contribution >= 4 is 49.4 Å². The highest BCUT2D eigenvalue weighted by atomic mass is 79.9. The van der Waals surface area contributed by atoms with E-state index in [1.54, 1.807) is 0 Å². The van der Waals surface area contributed by atoms with Gasteiger partial charge in [-0.3, -0.25) is 14.5 Å². The van der Waals surface area contributed by atoms with Gasteiger partial charge in [-0.25, -0.2) is 0 Å². The Bertz CT molecular complexity index is 569. The molecule has 2 amide bonds. The van der Waals surface area contributed by atoms with Crippen molar-refractivity contribution in [3.8, 4) is 0 Å². The smallest absolute Gasteiger partial charge is 0.238 e. The first kappa shape index (κ1) is 17.4. The number of piperidine rings is 1. The summed E-state index contributed by atoms with van der Waals surface area (Å²) in [7, 11) is 0. The number of primary amides is 1. The van der Waals surface area contributed by atoms with Gasteiger partial charge in [-0.1, -0.05) is 6.42 Å². The zero-order valence-corrected chi connectivity index (χ0v) is 15.5. The summed E-state index contributed by atoms with van der Waals surface area (Å²) >= 11 is 6.91. The van der Waals surface area contributed by atoms with Crippen LogP contribution in [0, 0.1) is 6.92 Å². The van der Waals surface area contributed by atoms with Crippen LogP contribution in [0.2, 0.25) is 0 Å². The van der Waals surface area contributed by atoms with Crippen molar-refractivity contribution in [2.45, 2.75) is 32.2 Å². The van der Waals surface area contributed by atoms with Crippen LogP contribution in [0.3, 0.4) is 0 Å². The predicted molar refractivity (Wildman–Crippen MR) is 93.6 cm³/mol. The minimum atomic E-state index is -0.356. The van der Waals surface area contributed by atoms with Crippen LogP contribution < -0.4 is 11.1 Å².